The summed E-state index contributed by atoms with van der Waals surface area (Å²) >= 11 is 0. The topological polar surface area (TPSA) is 63.7 Å². The van der Waals surface area contributed by atoms with Gasteiger partial charge in [0.1, 0.15) is 0 Å². The fourth-order valence-corrected chi connectivity index (χ4v) is 4.04. The number of esters is 1. The van der Waals surface area contributed by atoms with Crippen LogP contribution in [0.25, 0.3) is 5.70 Å². The molecule has 0 N–H and O–H groups in total. The van der Waals surface area contributed by atoms with Crippen molar-refractivity contribution < 1.29 is 19.1 Å². The molecule has 1 unspecified atom stereocenters. The van der Waals surface area contributed by atoms with Crippen LogP contribution in [-0.2, 0) is 22.4 Å². The molecule has 5 nitrogen and oxygen atoms in total. The highest BCUT2D eigenvalue weighted by Crippen LogP contribution is 2.31. The van der Waals surface area contributed by atoms with Crippen molar-refractivity contribution in [2.45, 2.75) is 38.7 Å². The van der Waals surface area contributed by atoms with E-state index in [9.17, 15) is 14.4 Å². The number of aryl methyl sites for hydroxylation is 2. The summed E-state index contributed by atoms with van der Waals surface area (Å²) in [5.74, 6) is -0.883. The summed E-state index contributed by atoms with van der Waals surface area (Å²) in [7, 11) is 0. The molecule has 0 saturated heterocycles. The molecule has 148 valence electrons. The van der Waals surface area contributed by atoms with E-state index in [1.165, 1.54) is 16.0 Å². The van der Waals surface area contributed by atoms with Crippen molar-refractivity contribution in [3.8, 4) is 0 Å². The lowest BCUT2D eigenvalue weighted by molar-refractivity contribution is -0.146. The maximum atomic E-state index is 12.6. The van der Waals surface area contributed by atoms with Gasteiger partial charge >= 0.3 is 5.97 Å². The lowest BCUT2D eigenvalue weighted by atomic mass is 10.0. The predicted molar refractivity (Wildman–Crippen MR) is 109 cm³/mol. The second-order valence-corrected chi connectivity index (χ2v) is 7.53. The average molecular weight is 389 g/mol. The minimum Gasteiger partial charge on any atom is -0.454 e. The van der Waals surface area contributed by atoms with Crippen molar-refractivity contribution >= 4 is 23.4 Å². The number of carbonyl (C=O) groups is 3. The molecule has 1 amide bonds. The van der Waals surface area contributed by atoms with Gasteiger partial charge in [0.05, 0.1) is 6.42 Å². The van der Waals surface area contributed by atoms with Crippen LogP contribution < -0.4 is 0 Å². The number of Topliss-reactive ketones (excluding diaryl/α,β-unsaturated/α-hetero) is 1. The van der Waals surface area contributed by atoms with Crippen LogP contribution in [0, 0.1) is 0 Å². The molecule has 0 aromatic heterocycles. The molecule has 5 heteroatoms. The molecule has 2 aromatic carbocycles. The molecular weight excluding hydrogens is 366 g/mol. The first-order valence-corrected chi connectivity index (χ1v) is 9.91. The van der Waals surface area contributed by atoms with Gasteiger partial charge in [0.2, 0.25) is 5.78 Å². The van der Waals surface area contributed by atoms with E-state index < -0.39 is 12.1 Å². The smallest absolute Gasteiger partial charge is 0.308 e. The molecule has 0 saturated carbocycles. The van der Waals surface area contributed by atoms with Gasteiger partial charge in [-0.3, -0.25) is 14.4 Å². The van der Waals surface area contributed by atoms with Crippen molar-refractivity contribution in [1.82, 2.24) is 4.90 Å². The number of hydrogen-bond donors (Lipinski definition) is 0. The Labute approximate surface area is 170 Å². The van der Waals surface area contributed by atoms with E-state index in [0.29, 0.717) is 16.8 Å². The Hall–Kier alpha value is -3.21. The highest BCUT2D eigenvalue weighted by Gasteiger charge is 2.31. The summed E-state index contributed by atoms with van der Waals surface area (Å²) in [5, 5.41) is 0. The van der Waals surface area contributed by atoms with Gasteiger partial charge in [-0.1, -0.05) is 36.9 Å². The van der Waals surface area contributed by atoms with Crippen LogP contribution in [0.5, 0.6) is 0 Å². The summed E-state index contributed by atoms with van der Waals surface area (Å²) < 4.78 is 5.34. The molecule has 1 heterocycles. The number of nitrogens with zero attached hydrogens (tertiary/aromatic N) is 1. The third-order valence-electron chi connectivity index (χ3n) is 5.64. The Morgan fingerprint density at radius 2 is 1.83 bits per heavy atom. The van der Waals surface area contributed by atoms with Gasteiger partial charge in [-0.25, -0.2) is 0 Å². The molecule has 0 radical (unpaired) electrons. The fraction of sp³-hybridized carbons (Fsp3) is 0.292. The predicted octanol–water partition coefficient (Wildman–Crippen LogP) is 3.81. The zero-order valence-electron chi connectivity index (χ0n) is 16.4. The lowest BCUT2D eigenvalue weighted by Crippen LogP contribution is -2.29. The van der Waals surface area contributed by atoms with E-state index in [4.69, 9.17) is 4.74 Å². The first-order chi connectivity index (χ1) is 14.0. The number of hydrogen-bond acceptors (Lipinski definition) is 4. The zero-order chi connectivity index (χ0) is 20.5. The number of ketones is 1. The highest BCUT2D eigenvalue weighted by molar-refractivity contribution is 6.09. The summed E-state index contributed by atoms with van der Waals surface area (Å²) in [6.07, 6.45) is 2.29. The number of benzene rings is 2. The zero-order valence-corrected chi connectivity index (χ0v) is 16.4. The molecule has 0 bridgehead atoms. The van der Waals surface area contributed by atoms with E-state index in [0.717, 1.165) is 24.8 Å². The molecule has 29 heavy (non-hydrogen) atoms. The minimum absolute atomic E-state index is 0.000552. The first-order valence-electron chi connectivity index (χ1n) is 9.91. The summed E-state index contributed by atoms with van der Waals surface area (Å²) in [6.45, 7) is 5.72. The normalized spacial score (nSPS) is 15.8. The van der Waals surface area contributed by atoms with Crippen molar-refractivity contribution in [2.24, 2.45) is 0 Å². The maximum absolute atomic E-state index is 12.6. The Balaban J connectivity index is 1.33. The Morgan fingerprint density at radius 3 is 2.59 bits per heavy atom. The molecular formula is C24H23NO4. The van der Waals surface area contributed by atoms with Crippen LogP contribution in [0.1, 0.15) is 57.2 Å². The maximum Gasteiger partial charge on any atom is 0.308 e. The van der Waals surface area contributed by atoms with Crippen LogP contribution in [-0.4, -0.2) is 35.2 Å². The summed E-state index contributed by atoms with van der Waals surface area (Å²) in [4.78, 5) is 38.9. The van der Waals surface area contributed by atoms with Crippen LogP contribution in [0.2, 0.25) is 0 Å². The third-order valence-corrected chi connectivity index (χ3v) is 5.64. The molecule has 2 aromatic rings. The molecule has 4 rings (SSSR count). The van der Waals surface area contributed by atoms with E-state index in [1.54, 1.807) is 25.1 Å². The SMILES string of the molecule is C=C1c2ccccc2C(=O)N1CCC(=O)OC(C)C(=O)c1ccc2c(c1)CCC2. The molecule has 2 aliphatic rings. The van der Waals surface area contributed by atoms with Crippen molar-refractivity contribution in [3.63, 3.8) is 0 Å². The van der Waals surface area contributed by atoms with Crippen molar-refractivity contribution in [1.29, 1.82) is 0 Å². The van der Waals surface area contributed by atoms with E-state index in [-0.39, 0.29) is 24.7 Å². The second-order valence-electron chi connectivity index (χ2n) is 7.53. The number of amides is 1. The van der Waals surface area contributed by atoms with Gasteiger partial charge in [-0.05, 0) is 49.4 Å². The van der Waals surface area contributed by atoms with Crippen LogP contribution in [0.4, 0.5) is 0 Å². The van der Waals surface area contributed by atoms with Crippen LogP contribution in [0.3, 0.4) is 0 Å². The van der Waals surface area contributed by atoms with E-state index in [2.05, 4.69) is 6.58 Å². The second kappa shape index (κ2) is 7.66. The molecule has 0 spiro atoms. The van der Waals surface area contributed by atoms with Gasteiger partial charge < -0.3 is 9.64 Å². The number of carbonyl (C=O) groups excluding carboxylic acids is 3. The Kier molecular flexibility index (Phi) is 5.05. The third kappa shape index (κ3) is 3.60. The van der Waals surface area contributed by atoms with Gasteiger partial charge in [-0.2, -0.15) is 0 Å². The Morgan fingerprint density at radius 1 is 1.10 bits per heavy atom. The fourth-order valence-electron chi connectivity index (χ4n) is 4.04. The molecule has 0 fully saturated rings. The summed E-state index contributed by atoms with van der Waals surface area (Å²) in [6, 6.07) is 12.9. The minimum atomic E-state index is -0.864. The van der Waals surface area contributed by atoms with E-state index >= 15 is 0 Å². The molecule has 1 aliphatic heterocycles. The monoisotopic (exact) mass is 389 g/mol. The van der Waals surface area contributed by atoms with Crippen molar-refractivity contribution in [2.75, 3.05) is 6.54 Å². The highest BCUT2D eigenvalue weighted by atomic mass is 16.5. The largest absolute Gasteiger partial charge is 0.454 e. The molecule has 1 aliphatic carbocycles. The van der Waals surface area contributed by atoms with Crippen LogP contribution >= 0.6 is 0 Å². The van der Waals surface area contributed by atoms with Gasteiger partial charge in [0.25, 0.3) is 5.91 Å². The average Bonchev–Trinajstić information content (AvgIpc) is 3.29. The van der Waals surface area contributed by atoms with E-state index in [1.807, 2.05) is 24.3 Å². The first kappa shape index (κ1) is 19.1. The number of rotatable bonds is 6. The Bertz CT molecular complexity index is 988. The number of fused-ring (bicyclic) bond motifs is 2. The summed E-state index contributed by atoms with van der Waals surface area (Å²) in [5.41, 5.74) is 5.03. The van der Waals surface area contributed by atoms with Gasteiger partial charge in [0, 0.05) is 28.9 Å². The van der Waals surface area contributed by atoms with Crippen LogP contribution in [0.15, 0.2) is 49.0 Å². The van der Waals surface area contributed by atoms with Gasteiger partial charge in [-0.15, -0.1) is 0 Å². The lowest BCUT2D eigenvalue weighted by Gasteiger charge is -2.18. The number of ether oxygens (including phenoxy) is 1. The van der Waals surface area contributed by atoms with Gasteiger partial charge in [0.15, 0.2) is 6.10 Å². The quantitative estimate of drug-likeness (QED) is 0.557. The standard InChI is InChI=1S/C24H23NO4/c1-15-20-8-3-4-9-21(20)24(28)25(15)13-12-22(26)29-16(2)23(27)19-11-10-17-6-5-7-18(17)14-19/h3-4,8-11,14,16H,1,5-7,12-13H2,2H3. The molecule has 1 atom stereocenters. The van der Waals surface area contributed by atoms with Crippen molar-refractivity contribution in [3.05, 3.63) is 76.9 Å².